The molecule has 6 nitrogen and oxygen atoms in total. The zero-order valence-electron chi connectivity index (χ0n) is 11.1. The average Bonchev–Trinajstić information content (AvgIpc) is 2.43. The topological polar surface area (TPSA) is 98.3 Å². The maximum atomic E-state index is 13.7. The molecule has 2 aromatic carbocycles. The number of nitrogen functional groups attached to an aromatic ring is 1. The minimum atomic E-state index is -0.704. The van der Waals surface area contributed by atoms with Crippen molar-refractivity contribution >= 4 is 23.0 Å². The Morgan fingerprint density at radius 3 is 2.67 bits per heavy atom. The number of para-hydroxylation sites is 1. The Kier molecular flexibility index (Phi) is 3.84. The van der Waals surface area contributed by atoms with Gasteiger partial charge in [-0.25, -0.2) is 4.39 Å². The number of carbonyl (C=O) groups excluding carboxylic acids is 1. The number of nitro benzene ring substituents is 1. The SMILES string of the molecule is Cc1cccc(F)c1NC(=O)c1cc([N+](=O)[O-])ccc1N. The number of hydrogen-bond donors (Lipinski definition) is 2. The van der Waals surface area contributed by atoms with Crippen LogP contribution in [-0.2, 0) is 0 Å². The van der Waals surface area contributed by atoms with Crippen LogP contribution in [0, 0.1) is 22.9 Å². The molecule has 108 valence electrons. The molecule has 0 radical (unpaired) electrons. The van der Waals surface area contributed by atoms with Crippen molar-refractivity contribution in [2.24, 2.45) is 0 Å². The van der Waals surface area contributed by atoms with Gasteiger partial charge in [0.25, 0.3) is 11.6 Å². The van der Waals surface area contributed by atoms with Gasteiger partial charge in [0.15, 0.2) is 0 Å². The molecule has 0 unspecified atom stereocenters. The predicted octanol–water partition coefficient (Wildman–Crippen LogP) is 2.88. The zero-order valence-corrected chi connectivity index (χ0v) is 11.1. The van der Waals surface area contributed by atoms with Crippen LogP contribution in [0.2, 0.25) is 0 Å². The summed E-state index contributed by atoms with van der Waals surface area (Å²) in [6, 6.07) is 7.87. The fraction of sp³-hybridized carbons (Fsp3) is 0.0714. The zero-order chi connectivity index (χ0) is 15.6. The number of nitrogens with zero attached hydrogens (tertiary/aromatic N) is 1. The molecule has 3 N–H and O–H groups in total. The van der Waals surface area contributed by atoms with E-state index in [4.69, 9.17) is 5.73 Å². The normalized spacial score (nSPS) is 10.2. The fourth-order valence-corrected chi connectivity index (χ4v) is 1.83. The third-order valence-electron chi connectivity index (χ3n) is 2.95. The highest BCUT2D eigenvalue weighted by Gasteiger charge is 2.17. The van der Waals surface area contributed by atoms with Crippen molar-refractivity contribution in [2.75, 3.05) is 11.1 Å². The smallest absolute Gasteiger partial charge is 0.270 e. The van der Waals surface area contributed by atoms with Gasteiger partial charge in [0.05, 0.1) is 16.2 Å². The number of anilines is 2. The molecule has 2 aromatic rings. The van der Waals surface area contributed by atoms with E-state index in [9.17, 15) is 19.3 Å². The molecule has 0 bridgehead atoms. The molecule has 0 saturated heterocycles. The first-order chi connectivity index (χ1) is 9.90. The van der Waals surface area contributed by atoms with Gasteiger partial charge in [0.1, 0.15) is 5.82 Å². The number of rotatable bonds is 3. The van der Waals surface area contributed by atoms with Crippen LogP contribution in [0.3, 0.4) is 0 Å². The van der Waals surface area contributed by atoms with Gasteiger partial charge < -0.3 is 11.1 Å². The van der Waals surface area contributed by atoms with Crippen LogP contribution in [0.5, 0.6) is 0 Å². The van der Waals surface area contributed by atoms with E-state index in [-0.39, 0.29) is 22.6 Å². The summed E-state index contributed by atoms with van der Waals surface area (Å²) in [6.45, 7) is 1.63. The molecule has 21 heavy (non-hydrogen) atoms. The van der Waals surface area contributed by atoms with Crippen LogP contribution < -0.4 is 11.1 Å². The molecule has 0 saturated carbocycles. The first-order valence-corrected chi connectivity index (χ1v) is 6.00. The molecule has 0 fully saturated rings. The molecule has 2 rings (SSSR count). The van der Waals surface area contributed by atoms with Crippen molar-refractivity contribution in [3.63, 3.8) is 0 Å². The lowest BCUT2D eigenvalue weighted by Crippen LogP contribution is -2.16. The van der Waals surface area contributed by atoms with E-state index in [1.54, 1.807) is 13.0 Å². The number of benzene rings is 2. The lowest BCUT2D eigenvalue weighted by Gasteiger charge is -2.10. The van der Waals surface area contributed by atoms with Gasteiger partial charge in [-0.05, 0) is 24.6 Å². The van der Waals surface area contributed by atoms with Crippen molar-refractivity contribution in [3.8, 4) is 0 Å². The fourth-order valence-electron chi connectivity index (χ4n) is 1.83. The molecule has 0 aliphatic rings. The highest BCUT2D eigenvalue weighted by atomic mass is 19.1. The molecule has 7 heteroatoms. The number of aryl methyl sites for hydroxylation is 1. The number of carbonyl (C=O) groups is 1. The molecule has 0 aromatic heterocycles. The maximum Gasteiger partial charge on any atom is 0.270 e. The van der Waals surface area contributed by atoms with E-state index in [0.29, 0.717) is 5.56 Å². The van der Waals surface area contributed by atoms with Gasteiger partial charge in [-0.3, -0.25) is 14.9 Å². The predicted molar refractivity (Wildman–Crippen MR) is 76.6 cm³/mol. The molecule has 1 amide bonds. The summed E-state index contributed by atoms with van der Waals surface area (Å²) in [5, 5.41) is 13.1. The van der Waals surface area contributed by atoms with Crippen LogP contribution in [0.25, 0.3) is 0 Å². The Morgan fingerprint density at radius 1 is 1.33 bits per heavy atom. The lowest BCUT2D eigenvalue weighted by molar-refractivity contribution is -0.384. The van der Waals surface area contributed by atoms with Crippen LogP contribution >= 0.6 is 0 Å². The highest BCUT2D eigenvalue weighted by molar-refractivity contribution is 6.08. The Bertz CT molecular complexity index is 711. The van der Waals surface area contributed by atoms with Crippen molar-refractivity contribution in [1.82, 2.24) is 0 Å². The van der Waals surface area contributed by atoms with Crippen LogP contribution in [0.15, 0.2) is 36.4 Å². The molecule has 0 spiro atoms. The van der Waals surface area contributed by atoms with E-state index in [0.717, 1.165) is 6.07 Å². The first kappa shape index (κ1) is 14.4. The third-order valence-corrected chi connectivity index (χ3v) is 2.95. The average molecular weight is 289 g/mol. The third kappa shape index (κ3) is 2.97. The summed E-state index contributed by atoms with van der Waals surface area (Å²) in [5.41, 5.74) is 5.93. The lowest BCUT2D eigenvalue weighted by atomic mass is 10.1. The number of halogens is 1. The van der Waals surface area contributed by atoms with Gasteiger partial charge in [-0.1, -0.05) is 12.1 Å². The molecule has 0 aliphatic heterocycles. The van der Waals surface area contributed by atoms with E-state index in [1.807, 2.05) is 0 Å². The minimum absolute atomic E-state index is 0.0217. The number of amides is 1. The molecule has 0 heterocycles. The van der Waals surface area contributed by atoms with Crippen molar-refractivity contribution in [3.05, 3.63) is 63.5 Å². The second-order valence-corrected chi connectivity index (χ2v) is 4.41. The van der Waals surface area contributed by atoms with Crippen molar-refractivity contribution in [1.29, 1.82) is 0 Å². The number of nitrogens with two attached hydrogens (primary N) is 1. The van der Waals surface area contributed by atoms with Gasteiger partial charge >= 0.3 is 0 Å². The summed E-state index contributed by atoms with van der Waals surface area (Å²) in [5.74, 6) is -1.29. The Labute approximate surface area is 119 Å². The van der Waals surface area contributed by atoms with Gasteiger partial charge in [-0.2, -0.15) is 0 Å². The molecular weight excluding hydrogens is 277 g/mol. The number of nitro groups is 1. The van der Waals surface area contributed by atoms with Crippen LogP contribution in [0.4, 0.5) is 21.5 Å². The summed E-state index contributed by atoms with van der Waals surface area (Å²) < 4.78 is 13.7. The van der Waals surface area contributed by atoms with E-state index in [2.05, 4.69) is 5.32 Å². The van der Waals surface area contributed by atoms with Crippen LogP contribution in [0.1, 0.15) is 15.9 Å². The standard InChI is InChI=1S/C14H12FN3O3/c1-8-3-2-4-11(15)13(8)17-14(19)10-7-9(18(20)21)5-6-12(10)16/h2-7H,16H2,1H3,(H,17,19). The number of non-ortho nitro benzene ring substituents is 1. The van der Waals surface area contributed by atoms with Gasteiger partial charge in [0.2, 0.25) is 0 Å². The summed E-state index contributed by atoms with van der Waals surface area (Å²) >= 11 is 0. The van der Waals surface area contributed by atoms with Gasteiger partial charge in [-0.15, -0.1) is 0 Å². The minimum Gasteiger partial charge on any atom is -0.398 e. The second kappa shape index (κ2) is 5.58. The van der Waals surface area contributed by atoms with E-state index >= 15 is 0 Å². The van der Waals surface area contributed by atoms with Gasteiger partial charge in [0, 0.05) is 17.8 Å². The van der Waals surface area contributed by atoms with Crippen LogP contribution in [-0.4, -0.2) is 10.8 Å². The van der Waals surface area contributed by atoms with E-state index < -0.39 is 16.6 Å². The van der Waals surface area contributed by atoms with Crippen molar-refractivity contribution in [2.45, 2.75) is 6.92 Å². The quantitative estimate of drug-likeness (QED) is 0.515. The monoisotopic (exact) mass is 289 g/mol. The first-order valence-electron chi connectivity index (χ1n) is 6.00. The molecule has 0 aliphatic carbocycles. The summed E-state index contributed by atoms with van der Waals surface area (Å²) in [4.78, 5) is 22.2. The number of nitrogens with one attached hydrogen (secondary N) is 1. The Morgan fingerprint density at radius 2 is 2.05 bits per heavy atom. The molecule has 0 atom stereocenters. The molecular formula is C14H12FN3O3. The summed E-state index contributed by atoms with van der Waals surface area (Å²) in [7, 11) is 0. The maximum absolute atomic E-state index is 13.7. The Balaban J connectivity index is 2.37. The summed E-state index contributed by atoms with van der Waals surface area (Å²) in [6.07, 6.45) is 0. The highest BCUT2D eigenvalue weighted by Crippen LogP contribution is 2.23. The van der Waals surface area contributed by atoms with Crippen molar-refractivity contribution < 1.29 is 14.1 Å². The largest absolute Gasteiger partial charge is 0.398 e. The Hall–Kier alpha value is -2.96. The second-order valence-electron chi connectivity index (χ2n) is 4.41. The van der Waals surface area contributed by atoms with E-state index in [1.165, 1.54) is 24.3 Å². The number of hydrogen-bond acceptors (Lipinski definition) is 4.